The van der Waals surface area contributed by atoms with Crippen LogP contribution in [0.2, 0.25) is 0 Å². The molecule has 0 saturated heterocycles. The van der Waals surface area contributed by atoms with Gasteiger partial charge >= 0.3 is 5.97 Å². The minimum Gasteiger partial charge on any atom is -0.481 e. The van der Waals surface area contributed by atoms with Crippen LogP contribution in [0, 0.1) is 5.82 Å². The van der Waals surface area contributed by atoms with E-state index in [1.54, 1.807) is 0 Å². The van der Waals surface area contributed by atoms with Gasteiger partial charge in [-0.05, 0) is 30.2 Å². The number of halogens is 1. The van der Waals surface area contributed by atoms with Gasteiger partial charge < -0.3 is 10.2 Å². The third-order valence-electron chi connectivity index (χ3n) is 4.68. The van der Waals surface area contributed by atoms with Crippen molar-refractivity contribution in [3.05, 3.63) is 47.4 Å². The summed E-state index contributed by atoms with van der Waals surface area (Å²) in [5, 5.41) is 18.9. The first-order valence-electron chi connectivity index (χ1n) is 10.0. The van der Waals surface area contributed by atoms with Gasteiger partial charge in [-0.1, -0.05) is 26.0 Å². The third kappa shape index (κ3) is 8.24. The molecule has 0 spiro atoms. The molecule has 0 saturated carbocycles. The fourth-order valence-electron chi connectivity index (χ4n) is 2.95. The van der Waals surface area contributed by atoms with Crippen molar-refractivity contribution in [3.8, 4) is 11.3 Å². The molecule has 0 aliphatic carbocycles. The van der Waals surface area contributed by atoms with Crippen molar-refractivity contribution in [1.29, 1.82) is 0 Å². The molecule has 1 aromatic carbocycles. The van der Waals surface area contributed by atoms with Crippen LogP contribution < -0.4 is 4.31 Å². The number of hydrogen-bond acceptors (Lipinski definition) is 7. The molecule has 12 heteroatoms. The van der Waals surface area contributed by atoms with Gasteiger partial charge in [0.05, 0.1) is 23.7 Å². The topological polar surface area (TPSA) is 138 Å². The Morgan fingerprint density at radius 3 is 2.26 bits per heavy atom. The summed E-state index contributed by atoms with van der Waals surface area (Å²) in [7, 11) is -2.35. The average Bonchev–Trinajstić information content (AvgIpc) is 2.70. The molecule has 1 heterocycles. The Bertz CT molecular complexity index is 1170. The number of sulfonamides is 1. The smallest absolute Gasteiger partial charge is 0.310 e. The van der Waals surface area contributed by atoms with E-state index < -0.39 is 40.1 Å². The maximum Gasteiger partial charge on any atom is 0.310 e. The Labute approximate surface area is 220 Å². The predicted octanol–water partition coefficient (Wildman–Crippen LogP) is 2.23. The molecule has 0 aliphatic rings. The first-order valence-corrected chi connectivity index (χ1v) is 11.9. The summed E-state index contributed by atoms with van der Waals surface area (Å²) >= 11 is 0. The zero-order valence-corrected chi connectivity index (χ0v) is 22.5. The second-order valence-electron chi connectivity index (χ2n) is 7.80. The molecule has 1 atom stereocenters. The van der Waals surface area contributed by atoms with Crippen LogP contribution in [0.15, 0.2) is 30.3 Å². The molecule has 2 aromatic rings. The summed E-state index contributed by atoms with van der Waals surface area (Å²) in [5.74, 6) is -2.64. The van der Waals surface area contributed by atoms with Crippen LogP contribution in [-0.4, -0.2) is 89.3 Å². The summed E-state index contributed by atoms with van der Waals surface area (Å²) in [5.41, 5.74) is 1.71. The van der Waals surface area contributed by atoms with E-state index >= 15 is 0 Å². The van der Waals surface area contributed by atoms with Crippen molar-refractivity contribution in [3.63, 3.8) is 0 Å². The van der Waals surface area contributed by atoms with Gasteiger partial charge in [-0.15, -0.1) is 0 Å². The molecule has 9 nitrogen and oxygen atoms in total. The van der Waals surface area contributed by atoms with Crippen LogP contribution in [0.25, 0.3) is 17.3 Å². The standard InChI is InChI=1S/C22H26FN3O6S.Na/c1-13(2)20-18(10-9-16(27)11-17(28)12-19(29)30)21(14-5-7-15(23)8-6-14)25-22(24-20)26(3)33(4,31)32;/h5-10,13,16,27H,11-12H2,1-4H3,(H,29,30);. The summed E-state index contributed by atoms with van der Waals surface area (Å²) in [4.78, 5) is 31.2. The number of Topliss-reactive ketones (excluding diaryl/α,β-unsaturated/α-hetero) is 1. The van der Waals surface area contributed by atoms with E-state index in [0.29, 0.717) is 22.5 Å². The summed E-state index contributed by atoms with van der Waals surface area (Å²) in [6.07, 6.45) is 1.49. The number of nitrogens with zero attached hydrogens (tertiary/aromatic N) is 3. The maximum absolute atomic E-state index is 13.5. The van der Waals surface area contributed by atoms with E-state index in [-0.39, 0.29) is 47.8 Å². The zero-order chi connectivity index (χ0) is 24.9. The monoisotopic (exact) mass is 502 g/mol. The van der Waals surface area contributed by atoms with Gasteiger partial charge in [0.25, 0.3) is 0 Å². The maximum atomic E-state index is 13.5. The summed E-state index contributed by atoms with van der Waals surface area (Å²) in [6, 6.07) is 5.44. The second-order valence-corrected chi connectivity index (χ2v) is 9.82. The predicted molar refractivity (Wildman–Crippen MR) is 127 cm³/mol. The average molecular weight is 503 g/mol. The molecule has 1 radical (unpaired) electrons. The normalized spacial score (nSPS) is 12.4. The number of aliphatic hydroxyl groups excluding tert-OH is 1. The van der Waals surface area contributed by atoms with Gasteiger partial charge in [0, 0.05) is 54.2 Å². The molecular formula is C22H26FN3NaO6S. The second kappa shape index (κ2) is 12.5. The molecule has 0 aliphatic heterocycles. The Morgan fingerprint density at radius 1 is 1.18 bits per heavy atom. The summed E-state index contributed by atoms with van der Waals surface area (Å²) < 4.78 is 38.5. The Morgan fingerprint density at radius 2 is 1.76 bits per heavy atom. The number of carbonyl (C=O) groups is 2. The van der Waals surface area contributed by atoms with Gasteiger partial charge in [-0.3, -0.25) is 9.59 Å². The number of aliphatic hydroxyl groups is 1. The molecule has 34 heavy (non-hydrogen) atoms. The quantitative estimate of drug-likeness (QED) is 0.373. The number of rotatable bonds is 10. The van der Waals surface area contributed by atoms with E-state index in [1.165, 1.54) is 43.5 Å². The van der Waals surface area contributed by atoms with Gasteiger partial charge in [0.1, 0.15) is 18.0 Å². The van der Waals surface area contributed by atoms with Crippen LogP contribution in [0.3, 0.4) is 0 Å². The first kappa shape index (κ1) is 29.9. The number of aromatic nitrogens is 2. The SMILES string of the molecule is CC(C)c1nc(N(C)S(C)(=O)=O)nc(-c2ccc(F)cc2)c1C=CC(O)CC(=O)CC(=O)O.[Na]. The van der Waals surface area contributed by atoms with Crippen LogP contribution in [-0.2, 0) is 19.6 Å². The molecule has 0 bridgehead atoms. The zero-order valence-electron chi connectivity index (χ0n) is 19.7. The third-order valence-corrected chi connectivity index (χ3v) is 5.84. The number of hydrogen-bond donors (Lipinski definition) is 2. The number of carbonyl (C=O) groups excluding carboxylic acids is 1. The number of benzene rings is 1. The van der Waals surface area contributed by atoms with Gasteiger partial charge in [0.2, 0.25) is 16.0 Å². The van der Waals surface area contributed by atoms with Crippen molar-refractivity contribution in [2.75, 3.05) is 17.6 Å². The van der Waals surface area contributed by atoms with E-state index in [4.69, 9.17) is 5.11 Å². The number of aliphatic carboxylic acids is 1. The van der Waals surface area contributed by atoms with Crippen molar-refractivity contribution in [2.45, 2.75) is 38.7 Å². The number of carboxylic acids is 1. The van der Waals surface area contributed by atoms with Gasteiger partial charge in [-0.2, -0.15) is 0 Å². The number of anilines is 1. The molecular weight excluding hydrogens is 476 g/mol. The van der Waals surface area contributed by atoms with E-state index in [1.807, 2.05) is 13.8 Å². The van der Waals surface area contributed by atoms with Crippen LogP contribution in [0.4, 0.5) is 10.3 Å². The van der Waals surface area contributed by atoms with Crippen molar-refractivity contribution in [1.82, 2.24) is 9.97 Å². The van der Waals surface area contributed by atoms with Crippen LogP contribution in [0.5, 0.6) is 0 Å². The van der Waals surface area contributed by atoms with Crippen molar-refractivity contribution < 1.29 is 32.6 Å². The summed E-state index contributed by atoms with van der Waals surface area (Å²) in [6.45, 7) is 3.68. The molecule has 179 valence electrons. The number of ketones is 1. The van der Waals surface area contributed by atoms with Gasteiger partial charge in [-0.25, -0.2) is 27.1 Å². The molecule has 2 rings (SSSR count). The minimum atomic E-state index is -3.66. The minimum absolute atomic E-state index is 0. The van der Waals surface area contributed by atoms with E-state index in [0.717, 1.165) is 10.6 Å². The fourth-order valence-corrected chi connectivity index (χ4v) is 3.32. The molecule has 1 unspecified atom stereocenters. The number of carboxylic acid groups (broad SMARTS) is 1. The van der Waals surface area contributed by atoms with E-state index in [2.05, 4.69) is 9.97 Å². The Kier molecular flexibility index (Phi) is 11.0. The molecule has 0 fully saturated rings. The first-order chi connectivity index (χ1) is 15.3. The van der Waals surface area contributed by atoms with E-state index in [9.17, 15) is 27.5 Å². The van der Waals surface area contributed by atoms with Crippen LogP contribution >= 0.6 is 0 Å². The van der Waals surface area contributed by atoms with Gasteiger partial charge in [0.15, 0.2) is 0 Å². The van der Waals surface area contributed by atoms with Crippen molar-refractivity contribution in [2.24, 2.45) is 0 Å². The molecule has 2 N–H and O–H groups in total. The largest absolute Gasteiger partial charge is 0.481 e. The molecule has 0 amide bonds. The fraction of sp³-hybridized carbons (Fsp3) is 0.364. The van der Waals surface area contributed by atoms with Crippen molar-refractivity contribution >= 4 is 63.4 Å². The van der Waals surface area contributed by atoms with Crippen LogP contribution in [0.1, 0.15) is 43.9 Å². The molecule has 1 aromatic heterocycles. The Balaban J connectivity index is 0.00000578. The Hall–Kier alpha value is -2.18.